The number of rotatable bonds is 3. The molecule has 72 valence electrons. The van der Waals surface area contributed by atoms with Crippen molar-refractivity contribution in [1.82, 2.24) is 0 Å². The summed E-state index contributed by atoms with van der Waals surface area (Å²) in [6.07, 6.45) is 2.09. The molecule has 0 aromatic carbocycles. The van der Waals surface area contributed by atoms with Crippen LogP contribution in [0, 0.1) is 5.92 Å². The normalized spacial score (nSPS) is 12.5. The lowest BCUT2D eigenvalue weighted by molar-refractivity contribution is 0.753. The monoisotopic (exact) mass is 215 g/mol. The molecule has 0 aliphatic rings. The summed E-state index contributed by atoms with van der Waals surface area (Å²) in [4.78, 5) is 0. The SMILES string of the molecule is CC(C)/C(=C/c1ccsc1Cl)CN. The average molecular weight is 216 g/mol. The molecule has 0 unspecified atom stereocenters. The molecular weight excluding hydrogens is 202 g/mol. The standard InChI is InChI=1S/C10H14ClNS/c1-7(2)9(6-12)5-8-3-4-13-10(8)11/h3-5,7H,6,12H2,1-2H3/b9-5+. The largest absolute Gasteiger partial charge is 0.327 e. The fourth-order valence-electron chi connectivity index (χ4n) is 1.07. The Bertz CT molecular complexity index is 302. The minimum Gasteiger partial charge on any atom is -0.327 e. The van der Waals surface area contributed by atoms with E-state index in [1.807, 2.05) is 11.4 Å². The van der Waals surface area contributed by atoms with Crippen LogP contribution < -0.4 is 5.73 Å². The predicted molar refractivity (Wildman–Crippen MR) is 61.2 cm³/mol. The summed E-state index contributed by atoms with van der Waals surface area (Å²) in [5.74, 6) is 0.487. The van der Waals surface area contributed by atoms with Crippen LogP contribution >= 0.6 is 22.9 Å². The fraction of sp³-hybridized carbons (Fsp3) is 0.400. The fourth-order valence-corrected chi connectivity index (χ4v) is 1.94. The highest BCUT2D eigenvalue weighted by Gasteiger charge is 2.03. The third-order valence-electron chi connectivity index (χ3n) is 1.96. The third-order valence-corrected chi connectivity index (χ3v) is 3.16. The molecule has 0 saturated heterocycles. The van der Waals surface area contributed by atoms with Crippen LogP contribution in [0.2, 0.25) is 4.34 Å². The van der Waals surface area contributed by atoms with Gasteiger partial charge in [0.25, 0.3) is 0 Å². The van der Waals surface area contributed by atoms with Gasteiger partial charge in [0.1, 0.15) is 4.34 Å². The minimum atomic E-state index is 0.487. The first kappa shape index (κ1) is 10.8. The van der Waals surface area contributed by atoms with E-state index in [1.54, 1.807) is 11.3 Å². The Labute approximate surface area is 88.2 Å². The zero-order valence-corrected chi connectivity index (χ0v) is 9.45. The van der Waals surface area contributed by atoms with Gasteiger partial charge in [-0.2, -0.15) is 0 Å². The zero-order chi connectivity index (χ0) is 9.84. The first-order valence-corrected chi connectivity index (χ1v) is 5.54. The molecule has 1 aromatic rings. The van der Waals surface area contributed by atoms with Gasteiger partial charge in [0.2, 0.25) is 0 Å². The van der Waals surface area contributed by atoms with Crippen LogP contribution in [-0.4, -0.2) is 6.54 Å². The van der Waals surface area contributed by atoms with Gasteiger partial charge in [0, 0.05) is 12.1 Å². The van der Waals surface area contributed by atoms with Crippen LogP contribution in [0.3, 0.4) is 0 Å². The van der Waals surface area contributed by atoms with E-state index in [1.165, 1.54) is 5.57 Å². The number of halogens is 1. The second-order valence-electron chi connectivity index (χ2n) is 3.23. The van der Waals surface area contributed by atoms with Crippen molar-refractivity contribution >= 4 is 29.0 Å². The molecule has 1 heterocycles. The van der Waals surface area contributed by atoms with Crippen molar-refractivity contribution in [2.45, 2.75) is 13.8 Å². The maximum Gasteiger partial charge on any atom is 0.100 e. The Kier molecular flexibility index (Phi) is 3.97. The molecule has 3 heteroatoms. The molecule has 0 aliphatic heterocycles. The Balaban J connectivity index is 2.91. The van der Waals surface area contributed by atoms with E-state index in [2.05, 4.69) is 19.9 Å². The van der Waals surface area contributed by atoms with Crippen molar-refractivity contribution < 1.29 is 0 Å². The minimum absolute atomic E-state index is 0.487. The van der Waals surface area contributed by atoms with E-state index in [4.69, 9.17) is 17.3 Å². The van der Waals surface area contributed by atoms with Gasteiger partial charge in [0.05, 0.1) is 0 Å². The molecule has 0 saturated carbocycles. The molecule has 2 N–H and O–H groups in total. The summed E-state index contributed by atoms with van der Waals surface area (Å²) in [6, 6.07) is 2.02. The molecule has 1 rings (SSSR count). The lowest BCUT2D eigenvalue weighted by Crippen LogP contribution is -2.07. The molecule has 1 aromatic heterocycles. The van der Waals surface area contributed by atoms with Crippen molar-refractivity contribution in [1.29, 1.82) is 0 Å². The van der Waals surface area contributed by atoms with Gasteiger partial charge in [-0.25, -0.2) is 0 Å². The summed E-state index contributed by atoms with van der Waals surface area (Å²) in [7, 11) is 0. The van der Waals surface area contributed by atoms with Gasteiger partial charge in [-0.05, 0) is 17.4 Å². The van der Waals surface area contributed by atoms with Crippen LogP contribution in [0.4, 0.5) is 0 Å². The van der Waals surface area contributed by atoms with Crippen molar-refractivity contribution in [2.75, 3.05) is 6.54 Å². The molecule has 0 bridgehead atoms. The van der Waals surface area contributed by atoms with Gasteiger partial charge < -0.3 is 5.73 Å². The molecule has 1 nitrogen and oxygen atoms in total. The van der Waals surface area contributed by atoms with Crippen LogP contribution in [0.5, 0.6) is 0 Å². The molecule has 13 heavy (non-hydrogen) atoms. The maximum atomic E-state index is 5.98. The summed E-state index contributed by atoms with van der Waals surface area (Å²) in [5.41, 5.74) is 7.95. The second kappa shape index (κ2) is 4.80. The molecule has 0 radical (unpaired) electrons. The summed E-state index contributed by atoms with van der Waals surface area (Å²) < 4.78 is 0.839. The van der Waals surface area contributed by atoms with Gasteiger partial charge in [-0.1, -0.05) is 37.1 Å². The van der Waals surface area contributed by atoms with Crippen molar-refractivity contribution in [3.63, 3.8) is 0 Å². The van der Waals surface area contributed by atoms with E-state index < -0.39 is 0 Å². The average Bonchev–Trinajstić information content (AvgIpc) is 2.46. The molecular formula is C10H14ClNS. The highest BCUT2D eigenvalue weighted by atomic mass is 35.5. The van der Waals surface area contributed by atoms with Crippen LogP contribution in [-0.2, 0) is 0 Å². The van der Waals surface area contributed by atoms with Crippen molar-refractivity contribution in [3.8, 4) is 0 Å². The second-order valence-corrected chi connectivity index (χ2v) is 4.75. The Morgan fingerprint density at radius 2 is 2.38 bits per heavy atom. The lowest BCUT2D eigenvalue weighted by Gasteiger charge is -2.07. The smallest absolute Gasteiger partial charge is 0.100 e. The van der Waals surface area contributed by atoms with E-state index in [0.717, 1.165) is 9.90 Å². The van der Waals surface area contributed by atoms with Crippen LogP contribution in [0.15, 0.2) is 17.0 Å². The van der Waals surface area contributed by atoms with Crippen LogP contribution in [0.1, 0.15) is 19.4 Å². The van der Waals surface area contributed by atoms with Crippen molar-refractivity contribution in [2.24, 2.45) is 11.7 Å². The number of nitrogens with two attached hydrogens (primary N) is 1. The highest BCUT2D eigenvalue weighted by Crippen LogP contribution is 2.26. The molecule has 0 amide bonds. The summed E-state index contributed by atoms with van der Waals surface area (Å²) >= 11 is 7.53. The molecule has 0 spiro atoms. The Hall–Kier alpha value is -0.310. The Morgan fingerprint density at radius 3 is 2.77 bits per heavy atom. The van der Waals surface area contributed by atoms with E-state index in [0.29, 0.717) is 12.5 Å². The maximum absolute atomic E-state index is 5.98. The molecule has 0 atom stereocenters. The summed E-state index contributed by atoms with van der Waals surface area (Å²) in [5, 5.41) is 1.99. The van der Waals surface area contributed by atoms with Gasteiger partial charge in [0.15, 0.2) is 0 Å². The molecule has 0 fully saturated rings. The first-order chi connectivity index (χ1) is 6.15. The third kappa shape index (κ3) is 2.83. The lowest BCUT2D eigenvalue weighted by atomic mass is 10.0. The Morgan fingerprint density at radius 1 is 1.69 bits per heavy atom. The van der Waals surface area contributed by atoms with Gasteiger partial charge in [-0.15, -0.1) is 11.3 Å². The van der Waals surface area contributed by atoms with Gasteiger partial charge >= 0.3 is 0 Å². The number of hydrogen-bond donors (Lipinski definition) is 1. The number of thiophene rings is 1. The first-order valence-electron chi connectivity index (χ1n) is 4.28. The molecule has 0 aliphatic carbocycles. The number of hydrogen-bond acceptors (Lipinski definition) is 2. The van der Waals surface area contributed by atoms with Gasteiger partial charge in [-0.3, -0.25) is 0 Å². The van der Waals surface area contributed by atoms with Crippen molar-refractivity contribution in [3.05, 3.63) is 26.9 Å². The quantitative estimate of drug-likeness (QED) is 0.822. The van der Waals surface area contributed by atoms with Crippen LogP contribution in [0.25, 0.3) is 6.08 Å². The topological polar surface area (TPSA) is 26.0 Å². The van der Waals surface area contributed by atoms with E-state index in [9.17, 15) is 0 Å². The van der Waals surface area contributed by atoms with E-state index >= 15 is 0 Å². The summed E-state index contributed by atoms with van der Waals surface area (Å²) in [6.45, 7) is 4.88. The highest BCUT2D eigenvalue weighted by molar-refractivity contribution is 7.14. The van der Waals surface area contributed by atoms with E-state index in [-0.39, 0.29) is 0 Å². The predicted octanol–water partition coefficient (Wildman–Crippen LogP) is 3.40. The zero-order valence-electron chi connectivity index (χ0n) is 7.88.